The molecule has 2 rings (SSSR count). The number of ketones is 1. The zero-order chi connectivity index (χ0) is 12.4. The molecular formula is C13H9BrFNO. The summed E-state index contributed by atoms with van der Waals surface area (Å²) in [5.74, 6) is -0.984. The predicted molar refractivity (Wildman–Crippen MR) is 68.4 cm³/mol. The smallest absolute Gasteiger partial charge is 0.198 e. The van der Waals surface area contributed by atoms with Gasteiger partial charge in [0.15, 0.2) is 5.78 Å². The van der Waals surface area contributed by atoms with Gasteiger partial charge in [-0.2, -0.15) is 0 Å². The highest BCUT2D eigenvalue weighted by Crippen LogP contribution is 2.23. The molecule has 0 saturated carbocycles. The third-order valence-electron chi connectivity index (χ3n) is 2.40. The Hall–Kier alpha value is -1.68. The number of anilines is 1. The van der Waals surface area contributed by atoms with E-state index in [0.717, 1.165) is 0 Å². The topological polar surface area (TPSA) is 43.1 Å². The number of halogens is 2. The molecular weight excluding hydrogens is 285 g/mol. The highest BCUT2D eigenvalue weighted by atomic mass is 79.9. The maximum Gasteiger partial charge on any atom is 0.198 e. The van der Waals surface area contributed by atoms with Gasteiger partial charge in [-0.1, -0.05) is 18.2 Å². The van der Waals surface area contributed by atoms with Crippen molar-refractivity contribution in [3.8, 4) is 0 Å². The molecule has 2 aromatic carbocycles. The van der Waals surface area contributed by atoms with Crippen molar-refractivity contribution in [2.24, 2.45) is 0 Å². The van der Waals surface area contributed by atoms with Crippen LogP contribution >= 0.6 is 15.9 Å². The van der Waals surface area contributed by atoms with Crippen LogP contribution in [0.25, 0.3) is 0 Å². The summed E-state index contributed by atoms with van der Waals surface area (Å²) in [5.41, 5.74) is 6.36. The number of hydrogen-bond donors (Lipinski definition) is 1. The molecule has 0 aromatic heterocycles. The number of hydrogen-bond acceptors (Lipinski definition) is 2. The minimum atomic E-state index is -0.569. The van der Waals surface area contributed by atoms with Crippen LogP contribution in [0, 0.1) is 5.82 Å². The molecule has 0 aliphatic rings. The number of carbonyl (C=O) groups excluding carboxylic acids is 1. The van der Waals surface area contributed by atoms with Crippen molar-refractivity contribution in [1.29, 1.82) is 0 Å². The third-order valence-corrected chi connectivity index (χ3v) is 3.01. The number of benzene rings is 2. The van der Waals surface area contributed by atoms with E-state index in [1.807, 2.05) is 0 Å². The maximum absolute atomic E-state index is 13.8. The molecule has 0 spiro atoms. The number of carbonyl (C=O) groups is 1. The Morgan fingerprint density at radius 1 is 1.06 bits per heavy atom. The molecule has 4 heteroatoms. The Labute approximate surface area is 106 Å². The van der Waals surface area contributed by atoms with Crippen molar-refractivity contribution in [1.82, 2.24) is 0 Å². The number of para-hydroxylation sites is 1. The lowest BCUT2D eigenvalue weighted by atomic mass is 10.0. The molecule has 0 radical (unpaired) electrons. The van der Waals surface area contributed by atoms with Crippen LogP contribution in [0.4, 0.5) is 10.1 Å². The van der Waals surface area contributed by atoms with E-state index in [1.165, 1.54) is 6.07 Å². The van der Waals surface area contributed by atoms with Crippen LogP contribution in [0.15, 0.2) is 46.9 Å². The van der Waals surface area contributed by atoms with Gasteiger partial charge in [-0.3, -0.25) is 4.79 Å². The first kappa shape index (κ1) is 11.8. The fourth-order valence-electron chi connectivity index (χ4n) is 1.53. The highest BCUT2D eigenvalue weighted by molar-refractivity contribution is 9.10. The average molecular weight is 294 g/mol. The number of nitrogens with two attached hydrogens (primary N) is 1. The Kier molecular flexibility index (Phi) is 3.24. The van der Waals surface area contributed by atoms with Crippen molar-refractivity contribution in [3.05, 3.63) is 63.9 Å². The maximum atomic E-state index is 13.8. The van der Waals surface area contributed by atoms with Crippen molar-refractivity contribution in [3.63, 3.8) is 0 Å². The highest BCUT2D eigenvalue weighted by Gasteiger charge is 2.17. The Morgan fingerprint density at radius 2 is 1.71 bits per heavy atom. The molecule has 2 N–H and O–H groups in total. The van der Waals surface area contributed by atoms with Gasteiger partial charge in [-0.05, 0) is 40.2 Å². The van der Waals surface area contributed by atoms with Gasteiger partial charge in [0.2, 0.25) is 0 Å². The van der Waals surface area contributed by atoms with Gasteiger partial charge in [0.1, 0.15) is 5.82 Å². The van der Waals surface area contributed by atoms with Gasteiger partial charge in [0.25, 0.3) is 0 Å². The van der Waals surface area contributed by atoms with Crippen LogP contribution in [-0.4, -0.2) is 5.78 Å². The summed E-state index contributed by atoms with van der Waals surface area (Å²) in [4.78, 5) is 12.1. The van der Waals surface area contributed by atoms with Gasteiger partial charge in [0, 0.05) is 11.3 Å². The van der Waals surface area contributed by atoms with E-state index in [-0.39, 0.29) is 10.0 Å². The van der Waals surface area contributed by atoms with E-state index in [4.69, 9.17) is 5.73 Å². The SMILES string of the molecule is Nc1ccccc1C(=O)c1cccc(Br)c1F. The fraction of sp³-hybridized carbons (Fsp3) is 0. The lowest BCUT2D eigenvalue weighted by Gasteiger charge is -2.06. The molecule has 0 unspecified atom stereocenters. The first-order chi connectivity index (χ1) is 8.11. The van der Waals surface area contributed by atoms with E-state index in [9.17, 15) is 9.18 Å². The average Bonchev–Trinajstić information content (AvgIpc) is 2.32. The second-order valence-corrected chi connectivity index (χ2v) is 4.37. The molecule has 0 saturated heterocycles. The molecule has 86 valence electrons. The van der Waals surface area contributed by atoms with Crippen LogP contribution < -0.4 is 5.73 Å². The second kappa shape index (κ2) is 4.67. The van der Waals surface area contributed by atoms with Crippen LogP contribution in [0.1, 0.15) is 15.9 Å². The number of nitrogen functional groups attached to an aromatic ring is 1. The minimum Gasteiger partial charge on any atom is -0.398 e. The van der Waals surface area contributed by atoms with Gasteiger partial charge >= 0.3 is 0 Å². The van der Waals surface area contributed by atoms with Crippen molar-refractivity contribution in [2.75, 3.05) is 5.73 Å². The first-order valence-electron chi connectivity index (χ1n) is 4.94. The quantitative estimate of drug-likeness (QED) is 0.681. The predicted octanol–water partition coefficient (Wildman–Crippen LogP) is 3.40. The van der Waals surface area contributed by atoms with Gasteiger partial charge in [-0.15, -0.1) is 0 Å². The second-order valence-electron chi connectivity index (χ2n) is 3.52. The van der Waals surface area contributed by atoms with E-state index in [1.54, 1.807) is 36.4 Å². The number of rotatable bonds is 2. The van der Waals surface area contributed by atoms with Crippen LogP contribution in [0.2, 0.25) is 0 Å². The van der Waals surface area contributed by atoms with E-state index < -0.39 is 11.6 Å². The van der Waals surface area contributed by atoms with Crippen LogP contribution in [0.3, 0.4) is 0 Å². The van der Waals surface area contributed by atoms with Crippen LogP contribution in [0.5, 0.6) is 0 Å². The van der Waals surface area contributed by atoms with E-state index in [0.29, 0.717) is 11.3 Å². The molecule has 0 bridgehead atoms. The minimum absolute atomic E-state index is 0.0114. The van der Waals surface area contributed by atoms with E-state index in [2.05, 4.69) is 15.9 Å². The Bertz CT molecular complexity index is 583. The Balaban J connectivity index is 2.52. The molecule has 0 atom stereocenters. The van der Waals surface area contributed by atoms with Gasteiger partial charge < -0.3 is 5.73 Å². The molecule has 0 aliphatic heterocycles. The van der Waals surface area contributed by atoms with E-state index >= 15 is 0 Å². The van der Waals surface area contributed by atoms with Crippen LogP contribution in [-0.2, 0) is 0 Å². The van der Waals surface area contributed by atoms with Gasteiger partial charge in [-0.25, -0.2) is 4.39 Å². The largest absolute Gasteiger partial charge is 0.398 e. The molecule has 2 nitrogen and oxygen atoms in total. The summed E-state index contributed by atoms with van der Waals surface area (Å²) < 4.78 is 14.0. The summed E-state index contributed by atoms with van der Waals surface area (Å²) >= 11 is 3.05. The molecule has 0 amide bonds. The first-order valence-corrected chi connectivity index (χ1v) is 5.74. The summed E-state index contributed by atoms with van der Waals surface area (Å²) in [6.07, 6.45) is 0. The summed E-state index contributed by atoms with van der Waals surface area (Å²) in [7, 11) is 0. The van der Waals surface area contributed by atoms with Gasteiger partial charge in [0.05, 0.1) is 10.0 Å². The summed E-state index contributed by atoms with van der Waals surface area (Å²) in [5, 5.41) is 0. The normalized spacial score (nSPS) is 10.2. The lowest BCUT2D eigenvalue weighted by molar-refractivity contribution is 0.103. The molecule has 0 heterocycles. The molecule has 0 aliphatic carbocycles. The Morgan fingerprint density at radius 3 is 2.41 bits per heavy atom. The van der Waals surface area contributed by atoms with Crippen molar-refractivity contribution in [2.45, 2.75) is 0 Å². The molecule has 2 aromatic rings. The monoisotopic (exact) mass is 293 g/mol. The standard InChI is InChI=1S/C13H9BrFNO/c14-10-6-3-5-9(12(10)15)13(17)8-4-1-2-7-11(8)16/h1-7H,16H2. The third kappa shape index (κ3) is 2.22. The fourth-order valence-corrected chi connectivity index (χ4v) is 1.89. The van der Waals surface area contributed by atoms with Crippen molar-refractivity contribution < 1.29 is 9.18 Å². The van der Waals surface area contributed by atoms with Crippen molar-refractivity contribution >= 4 is 27.4 Å². The zero-order valence-electron chi connectivity index (χ0n) is 8.78. The molecule has 17 heavy (non-hydrogen) atoms. The summed E-state index contributed by atoms with van der Waals surface area (Å²) in [6.45, 7) is 0. The summed E-state index contributed by atoms with van der Waals surface area (Å²) in [6, 6.07) is 11.2. The lowest BCUT2D eigenvalue weighted by Crippen LogP contribution is -2.07. The molecule has 0 fully saturated rings. The zero-order valence-corrected chi connectivity index (χ0v) is 10.4.